The topological polar surface area (TPSA) is 107 Å². The number of para-hydroxylation sites is 2. The van der Waals surface area contributed by atoms with Crippen LogP contribution in [-0.2, 0) is 0 Å². The molecule has 0 fully saturated rings. The van der Waals surface area contributed by atoms with E-state index in [1.165, 1.54) is 16.3 Å². The van der Waals surface area contributed by atoms with Gasteiger partial charge in [-0.2, -0.15) is 0 Å². The molecular formula is C55H38N6OS. The van der Waals surface area contributed by atoms with Gasteiger partial charge in [0.1, 0.15) is 11.2 Å². The van der Waals surface area contributed by atoms with Gasteiger partial charge in [0.25, 0.3) is 0 Å². The SMILES string of the molecule is Cc1ccc2oc3cccc(-c4nc(-c5ccccc5)nc(-c5ccc6c7ccccc7n(-c7ccccc7)c6c5)n4)c3c2c1.N=C(c1ccccc1)c1sc2ccccc2c1N. The van der Waals surface area contributed by atoms with Crippen LogP contribution in [0.2, 0.25) is 0 Å². The molecule has 0 amide bonds. The van der Waals surface area contributed by atoms with Crippen molar-refractivity contribution >= 4 is 76.6 Å². The first-order valence-corrected chi connectivity index (χ1v) is 21.5. The average molecular weight is 831 g/mol. The largest absolute Gasteiger partial charge is 0.456 e. The summed E-state index contributed by atoms with van der Waals surface area (Å²) in [6.45, 7) is 2.10. The summed E-state index contributed by atoms with van der Waals surface area (Å²) in [5, 5.41) is 13.8. The van der Waals surface area contributed by atoms with Crippen LogP contribution in [0.15, 0.2) is 199 Å². The van der Waals surface area contributed by atoms with Crippen molar-refractivity contribution in [1.29, 1.82) is 5.41 Å². The molecule has 0 saturated heterocycles. The van der Waals surface area contributed by atoms with Crippen molar-refractivity contribution in [2.24, 2.45) is 0 Å². The zero-order valence-corrected chi connectivity index (χ0v) is 35.0. The molecule has 0 radical (unpaired) electrons. The predicted octanol–water partition coefficient (Wildman–Crippen LogP) is 14.1. The summed E-state index contributed by atoms with van der Waals surface area (Å²) in [5.41, 5.74) is 17.2. The molecule has 7 nitrogen and oxygen atoms in total. The van der Waals surface area contributed by atoms with Crippen LogP contribution >= 0.6 is 11.3 Å². The molecule has 4 heterocycles. The van der Waals surface area contributed by atoms with Crippen molar-refractivity contribution in [3.63, 3.8) is 0 Å². The third-order valence-corrected chi connectivity index (χ3v) is 12.6. The Morgan fingerprint density at radius 3 is 1.97 bits per heavy atom. The summed E-state index contributed by atoms with van der Waals surface area (Å²) in [7, 11) is 0. The fourth-order valence-electron chi connectivity index (χ4n) is 8.42. The number of furan rings is 1. The van der Waals surface area contributed by atoms with Gasteiger partial charge in [-0.05, 0) is 55.5 Å². The molecule has 0 unspecified atom stereocenters. The van der Waals surface area contributed by atoms with E-state index in [1.807, 2.05) is 109 Å². The van der Waals surface area contributed by atoms with Crippen molar-refractivity contribution in [2.75, 3.05) is 5.73 Å². The summed E-state index contributed by atoms with van der Waals surface area (Å²) in [5.74, 6) is 1.85. The molecule has 4 aromatic heterocycles. The minimum Gasteiger partial charge on any atom is -0.456 e. The first kappa shape index (κ1) is 37.8. The lowest BCUT2D eigenvalue weighted by Crippen LogP contribution is -2.01. The van der Waals surface area contributed by atoms with E-state index in [1.54, 1.807) is 11.3 Å². The van der Waals surface area contributed by atoms with E-state index in [-0.39, 0.29) is 0 Å². The second-order valence-corrected chi connectivity index (χ2v) is 16.5. The summed E-state index contributed by atoms with van der Waals surface area (Å²) < 4.78 is 9.70. The number of hydrogen-bond donors (Lipinski definition) is 2. The molecule has 8 aromatic carbocycles. The molecule has 12 rings (SSSR count). The molecule has 8 heteroatoms. The Kier molecular flexibility index (Phi) is 9.40. The highest BCUT2D eigenvalue weighted by molar-refractivity contribution is 7.21. The molecule has 0 aliphatic heterocycles. The van der Waals surface area contributed by atoms with E-state index >= 15 is 0 Å². The van der Waals surface area contributed by atoms with Gasteiger partial charge in [-0.15, -0.1) is 11.3 Å². The smallest absolute Gasteiger partial charge is 0.164 e. The Labute approximate surface area is 366 Å². The van der Waals surface area contributed by atoms with Crippen LogP contribution in [0.5, 0.6) is 0 Å². The van der Waals surface area contributed by atoms with Crippen LogP contribution in [0.25, 0.3) is 93.7 Å². The summed E-state index contributed by atoms with van der Waals surface area (Å²) >= 11 is 1.58. The summed E-state index contributed by atoms with van der Waals surface area (Å²) in [4.78, 5) is 16.1. The number of thiophene rings is 1. The van der Waals surface area contributed by atoms with Crippen LogP contribution in [0.3, 0.4) is 0 Å². The van der Waals surface area contributed by atoms with Gasteiger partial charge < -0.3 is 14.7 Å². The minimum absolute atomic E-state index is 0.495. The number of nitrogens with one attached hydrogen (secondary N) is 1. The third-order valence-electron chi connectivity index (χ3n) is 11.4. The van der Waals surface area contributed by atoms with E-state index in [9.17, 15) is 0 Å². The van der Waals surface area contributed by atoms with E-state index in [0.717, 1.165) is 75.9 Å². The number of rotatable bonds is 6. The van der Waals surface area contributed by atoms with Crippen LogP contribution in [0.1, 0.15) is 16.0 Å². The fourth-order valence-corrected chi connectivity index (χ4v) is 9.51. The molecule has 0 atom stereocenters. The van der Waals surface area contributed by atoms with E-state index in [2.05, 4.69) is 96.4 Å². The number of hydrogen-bond acceptors (Lipinski definition) is 7. The quantitative estimate of drug-likeness (QED) is 0.162. The Morgan fingerprint density at radius 1 is 0.540 bits per heavy atom. The van der Waals surface area contributed by atoms with E-state index < -0.39 is 0 Å². The molecule has 0 spiro atoms. The number of aryl methyl sites for hydroxylation is 1. The molecule has 0 aliphatic rings. The minimum atomic E-state index is 0.495. The molecule has 12 aromatic rings. The zero-order valence-electron chi connectivity index (χ0n) is 34.2. The molecule has 0 aliphatic carbocycles. The van der Waals surface area contributed by atoms with Gasteiger partial charge in [-0.3, -0.25) is 5.41 Å². The van der Waals surface area contributed by atoms with E-state index in [4.69, 9.17) is 30.5 Å². The lowest BCUT2D eigenvalue weighted by atomic mass is 10.0. The Hall–Kier alpha value is -8.20. The van der Waals surface area contributed by atoms with Gasteiger partial charge in [0.2, 0.25) is 0 Å². The van der Waals surface area contributed by atoms with Crippen molar-refractivity contribution < 1.29 is 4.42 Å². The number of anilines is 1. The first-order valence-electron chi connectivity index (χ1n) is 20.7. The van der Waals surface area contributed by atoms with Crippen molar-refractivity contribution in [3.8, 4) is 39.9 Å². The van der Waals surface area contributed by atoms with Gasteiger partial charge in [-0.25, -0.2) is 15.0 Å². The molecule has 0 bridgehead atoms. The number of nitrogen functional groups attached to an aromatic ring is 1. The van der Waals surface area contributed by atoms with Gasteiger partial charge in [-0.1, -0.05) is 151 Å². The Bertz CT molecular complexity index is 3670. The number of benzene rings is 8. The average Bonchev–Trinajstić information content (AvgIpc) is 4.00. The number of fused-ring (bicyclic) bond motifs is 7. The maximum Gasteiger partial charge on any atom is 0.164 e. The van der Waals surface area contributed by atoms with Gasteiger partial charge >= 0.3 is 0 Å². The van der Waals surface area contributed by atoms with Crippen molar-refractivity contribution in [3.05, 3.63) is 210 Å². The molecule has 300 valence electrons. The van der Waals surface area contributed by atoms with Crippen LogP contribution in [0.4, 0.5) is 5.69 Å². The summed E-state index contributed by atoms with van der Waals surface area (Å²) in [6, 6.07) is 65.7. The number of aromatic nitrogens is 4. The Balaban J connectivity index is 0.000000206. The highest BCUT2D eigenvalue weighted by Gasteiger charge is 2.20. The normalized spacial score (nSPS) is 11.4. The Morgan fingerprint density at radius 2 is 1.19 bits per heavy atom. The molecule has 3 N–H and O–H groups in total. The number of nitrogens with zero attached hydrogens (tertiary/aromatic N) is 4. The zero-order chi connectivity index (χ0) is 42.4. The maximum absolute atomic E-state index is 8.27. The molecule has 0 saturated carbocycles. The van der Waals surface area contributed by atoms with Crippen LogP contribution in [-0.4, -0.2) is 25.2 Å². The van der Waals surface area contributed by atoms with Crippen molar-refractivity contribution in [1.82, 2.24) is 19.5 Å². The van der Waals surface area contributed by atoms with Crippen LogP contribution in [0, 0.1) is 12.3 Å². The lowest BCUT2D eigenvalue weighted by molar-refractivity contribution is 0.669. The van der Waals surface area contributed by atoms with Gasteiger partial charge in [0.05, 0.1) is 27.3 Å². The highest BCUT2D eigenvalue weighted by Crippen LogP contribution is 2.39. The predicted molar refractivity (Wildman–Crippen MR) is 261 cm³/mol. The van der Waals surface area contributed by atoms with E-state index in [0.29, 0.717) is 28.9 Å². The standard InChI is InChI=1S/C40H26N4O.C15H12N2S/c1-25-19-22-35-32(23-25)37-31(16-10-18-36(37)45-35)40-42-38(26-11-4-2-5-12-26)41-39(43-40)27-20-21-30-29-15-8-9-17-33(29)44(34(30)24-27)28-13-6-3-7-14-28;16-13(10-6-2-1-3-7-10)15-14(17)11-8-4-5-9-12(11)18-15/h2-24H,1H3;1-9,16H,17H2. The first-order chi connectivity index (χ1) is 31.0. The van der Waals surface area contributed by atoms with Crippen LogP contribution < -0.4 is 5.73 Å². The lowest BCUT2D eigenvalue weighted by Gasteiger charge is -2.11. The highest BCUT2D eigenvalue weighted by atomic mass is 32.1. The summed E-state index contributed by atoms with van der Waals surface area (Å²) in [6.07, 6.45) is 0. The van der Waals surface area contributed by atoms with Crippen molar-refractivity contribution in [2.45, 2.75) is 6.92 Å². The number of nitrogens with two attached hydrogens (primary N) is 1. The fraction of sp³-hybridized carbons (Fsp3) is 0.0182. The molecule has 63 heavy (non-hydrogen) atoms. The second kappa shape index (κ2) is 15.7. The monoisotopic (exact) mass is 830 g/mol. The second-order valence-electron chi connectivity index (χ2n) is 15.5. The third kappa shape index (κ3) is 6.79. The maximum atomic E-state index is 8.27. The van der Waals surface area contributed by atoms with Gasteiger partial charge in [0, 0.05) is 59.6 Å². The molecular weight excluding hydrogens is 793 g/mol. The van der Waals surface area contributed by atoms with Gasteiger partial charge in [0.15, 0.2) is 17.5 Å².